The van der Waals surface area contributed by atoms with Crippen molar-refractivity contribution in [3.8, 4) is 0 Å². The van der Waals surface area contributed by atoms with Crippen LogP contribution in [0.15, 0.2) is 34.7 Å². The minimum atomic E-state index is -0.501. The van der Waals surface area contributed by atoms with Gasteiger partial charge in [-0.05, 0) is 36.8 Å². The molecule has 94 valence electrons. The molecule has 18 heavy (non-hydrogen) atoms. The largest absolute Gasteiger partial charge is 0.455 e. The highest BCUT2D eigenvalue weighted by atomic mass is 19.1. The van der Waals surface area contributed by atoms with Crippen molar-refractivity contribution in [2.45, 2.75) is 13.5 Å². The maximum absolute atomic E-state index is 13.5. The summed E-state index contributed by atoms with van der Waals surface area (Å²) in [6, 6.07) is 7.61. The molecule has 1 amide bonds. The van der Waals surface area contributed by atoms with Crippen molar-refractivity contribution in [2.24, 2.45) is 5.73 Å². The van der Waals surface area contributed by atoms with Crippen LogP contribution in [0.3, 0.4) is 0 Å². The van der Waals surface area contributed by atoms with Crippen molar-refractivity contribution >= 4 is 11.6 Å². The highest BCUT2D eigenvalue weighted by Gasteiger charge is 2.13. The Bertz CT molecular complexity index is 578. The van der Waals surface area contributed by atoms with Gasteiger partial charge in [-0.3, -0.25) is 4.79 Å². The van der Waals surface area contributed by atoms with Gasteiger partial charge < -0.3 is 15.5 Å². The van der Waals surface area contributed by atoms with E-state index < -0.39 is 11.7 Å². The molecule has 0 fully saturated rings. The number of hydrogen-bond acceptors (Lipinski definition) is 3. The number of halogens is 1. The molecule has 1 aromatic carbocycles. The summed E-state index contributed by atoms with van der Waals surface area (Å²) >= 11 is 0. The van der Waals surface area contributed by atoms with E-state index in [9.17, 15) is 9.18 Å². The topological polar surface area (TPSA) is 68.3 Å². The number of carbonyl (C=O) groups is 1. The lowest BCUT2D eigenvalue weighted by Crippen LogP contribution is -2.12. The summed E-state index contributed by atoms with van der Waals surface area (Å²) in [5.41, 5.74) is 6.36. The fourth-order valence-electron chi connectivity index (χ4n) is 1.53. The maximum Gasteiger partial charge on any atom is 0.291 e. The summed E-state index contributed by atoms with van der Waals surface area (Å²) in [6.07, 6.45) is 0. The van der Waals surface area contributed by atoms with Crippen LogP contribution in [0.2, 0.25) is 0 Å². The third kappa shape index (κ3) is 2.57. The van der Waals surface area contributed by atoms with Crippen LogP contribution in [0, 0.1) is 12.7 Å². The Labute approximate surface area is 104 Å². The first-order chi connectivity index (χ1) is 8.60. The van der Waals surface area contributed by atoms with Crippen LogP contribution in [0.5, 0.6) is 0 Å². The number of rotatable bonds is 3. The Morgan fingerprint density at radius 1 is 1.39 bits per heavy atom. The minimum absolute atomic E-state index is 0.108. The summed E-state index contributed by atoms with van der Waals surface area (Å²) in [6.45, 7) is 2.03. The number of benzene rings is 1. The second-order valence-corrected chi connectivity index (χ2v) is 3.91. The van der Waals surface area contributed by atoms with Crippen LogP contribution < -0.4 is 11.1 Å². The molecule has 0 radical (unpaired) electrons. The highest BCUT2D eigenvalue weighted by Crippen LogP contribution is 2.17. The van der Waals surface area contributed by atoms with Gasteiger partial charge in [0.15, 0.2) is 5.76 Å². The Balaban J connectivity index is 2.18. The lowest BCUT2D eigenvalue weighted by Gasteiger charge is -2.05. The van der Waals surface area contributed by atoms with Crippen molar-refractivity contribution in [1.82, 2.24) is 0 Å². The molecule has 2 aromatic rings. The van der Waals surface area contributed by atoms with Crippen molar-refractivity contribution < 1.29 is 13.6 Å². The molecule has 0 unspecified atom stereocenters. The van der Waals surface area contributed by atoms with Gasteiger partial charge in [0.05, 0.1) is 12.2 Å². The minimum Gasteiger partial charge on any atom is -0.455 e. The van der Waals surface area contributed by atoms with Crippen molar-refractivity contribution in [3.63, 3.8) is 0 Å². The van der Waals surface area contributed by atoms with E-state index in [2.05, 4.69) is 5.32 Å². The summed E-state index contributed by atoms with van der Waals surface area (Å²) in [5, 5.41) is 2.46. The summed E-state index contributed by atoms with van der Waals surface area (Å²) in [7, 11) is 0. The number of carbonyl (C=O) groups excluding carboxylic acids is 1. The zero-order valence-corrected chi connectivity index (χ0v) is 9.87. The van der Waals surface area contributed by atoms with Gasteiger partial charge in [-0.25, -0.2) is 4.39 Å². The van der Waals surface area contributed by atoms with Crippen LogP contribution in [-0.4, -0.2) is 5.91 Å². The molecule has 3 N–H and O–H groups in total. The standard InChI is InChI=1S/C13H13FN2O2/c1-8-2-4-10(14)11(6-8)16-13(17)12-5-3-9(7-15)18-12/h2-6H,7,15H2,1H3,(H,16,17). The summed E-state index contributed by atoms with van der Waals surface area (Å²) < 4.78 is 18.6. The first kappa shape index (κ1) is 12.3. The van der Waals surface area contributed by atoms with Gasteiger partial charge in [0, 0.05) is 0 Å². The molecule has 1 heterocycles. The molecular weight excluding hydrogens is 235 g/mol. The first-order valence-corrected chi connectivity index (χ1v) is 5.46. The quantitative estimate of drug-likeness (QED) is 0.876. The van der Waals surface area contributed by atoms with Gasteiger partial charge in [-0.1, -0.05) is 6.07 Å². The van der Waals surface area contributed by atoms with E-state index in [0.717, 1.165) is 5.56 Å². The molecule has 0 atom stereocenters. The molecule has 0 bridgehead atoms. The van der Waals surface area contributed by atoms with Crippen molar-refractivity contribution in [3.05, 3.63) is 53.2 Å². The Morgan fingerprint density at radius 3 is 2.83 bits per heavy atom. The van der Waals surface area contributed by atoms with Gasteiger partial charge in [0.1, 0.15) is 11.6 Å². The Morgan fingerprint density at radius 2 is 2.17 bits per heavy atom. The molecule has 0 saturated heterocycles. The maximum atomic E-state index is 13.5. The summed E-state index contributed by atoms with van der Waals surface area (Å²) in [5.74, 6) is -0.375. The van der Waals surface area contributed by atoms with Crippen molar-refractivity contribution in [2.75, 3.05) is 5.32 Å². The molecule has 0 aliphatic heterocycles. The number of hydrogen-bond donors (Lipinski definition) is 2. The molecular formula is C13H13FN2O2. The van der Waals surface area contributed by atoms with Gasteiger partial charge in [0.2, 0.25) is 0 Å². The molecule has 2 rings (SSSR count). The predicted molar refractivity (Wildman–Crippen MR) is 65.7 cm³/mol. The van der Waals surface area contributed by atoms with E-state index >= 15 is 0 Å². The first-order valence-electron chi connectivity index (χ1n) is 5.46. The highest BCUT2D eigenvalue weighted by molar-refractivity contribution is 6.02. The number of furan rings is 1. The Hall–Kier alpha value is -2.14. The molecule has 0 spiro atoms. The lowest BCUT2D eigenvalue weighted by molar-refractivity contribution is 0.0994. The summed E-state index contributed by atoms with van der Waals surface area (Å²) in [4.78, 5) is 11.8. The van der Waals surface area contributed by atoms with E-state index in [-0.39, 0.29) is 18.0 Å². The van der Waals surface area contributed by atoms with E-state index in [1.54, 1.807) is 18.2 Å². The second kappa shape index (κ2) is 5.01. The molecule has 5 heteroatoms. The smallest absolute Gasteiger partial charge is 0.291 e. The van der Waals surface area contributed by atoms with Gasteiger partial charge >= 0.3 is 0 Å². The average molecular weight is 248 g/mol. The van der Waals surface area contributed by atoms with Crippen LogP contribution in [0.4, 0.5) is 10.1 Å². The number of nitrogens with two attached hydrogens (primary N) is 1. The average Bonchev–Trinajstić information content (AvgIpc) is 2.82. The third-order valence-electron chi connectivity index (χ3n) is 2.46. The number of anilines is 1. The van der Waals surface area contributed by atoms with Crippen LogP contribution >= 0.6 is 0 Å². The second-order valence-electron chi connectivity index (χ2n) is 3.91. The van der Waals surface area contributed by atoms with Crippen LogP contribution in [-0.2, 0) is 6.54 Å². The number of nitrogens with one attached hydrogen (secondary N) is 1. The molecule has 0 saturated carbocycles. The van der Waals surface area contributed by atoms with Crippen LogP contribution in [0.1, 0.15) is 21.9 Å². The number of aryl methyl sites for hydroxylation is 1. The van der Waals surface area contributed by atoms with E-state index in [4.69, 9.17) is 10.2 Å². The van der Waals surface area contributed by atoms with Gasteiger partial charge in [-0.2, -0.15) is 0 Å². The van der Waals surface area contributed by atoms with E-state index in [0.29, 0.717) is 5.76 Å². The van der Waals surface area contributed by atoms with Gasteiger partial charge in [0.25, 0.3) is 5.91 Å². The Kier molecular flexibility index (Phi) is 3.43. The zero-order valence-electron chi connectivity index (χ0n) is 9.87. The molecule has 4 nitrogen and oxygen atoms in total. The monoisotopic (exact) mass is 248 g/mol. The predicted octanol–water partition coefficient (Wildman–Crippen LogP) is 2.44. The van der Waals surface area contributed by atoms with E-state index in [1.165, 1.54) is 12.1 Å². The normalized spacial score (nSPS) is 10.4. The SMILES string of the molecule is Cc1ccc(F)c(NC(=O)c2ccc(CN)o2)c1. The molecule has 1 aromatic heterocycles. The van der Waals surface area contributed by atoms with Crippen LogP contribution in [0.25, 0.3) is 0 Å². The lowest BCUT2D eigenvalue weighted by atomic mass is 10.2. The third-order valence-corrected chi connectivity index (χ3v) is 2.46. The van der Waals surface area contributed by atoms with Gasteiger partial charge in [-0.15, -0.1) is 0 Å². The van der Waals surface area contributed by atoms with Crippen molar-refractivity contribution in [1.29, 1.82) is 0 Å². The molecule has 0 aliphatic rings. The number of amides is 1. The fraction of sp³-hybridized carbons (Fsp3) is 0.154. The fourth-order valence-corrected chi connectivity index (χ4v) is 1.53. The molecule has 0 aliphatic carbocycles. The van der Waals surface area contributed by atoms with E-state index in [1.807, 2.05) is 6.92 Å². The zero-order chi connectivity index (χ0) is 13.1.